The van der Waals surface area contributed by atoms with E-state index in [0.717, 1.165) is 47.8 Å². The number of amides is 1. The molecular weight excluding hydrogens is 518 g/mol. The second kappa shape index (κ2) is 13.2. The van der Waals surface area contributed by atoms with Gasteiger partial charge in [-0.05, 0) is 54.4 Å². The number of fused-ring (bicyclic) bond motifs is 1. The van der Waals surface area contributed by atoms with E-state index >= 15 is 0 Å². The van der Waals surface area contributed by atoms with Gasteiger partial charge in [-0.3, -0.25) is 4.79 Å². The third kappa shape index (κ3) is 7.16. The fourth-order valence-corrected chi connectivity index (χ4v) is 6.82. The minimum absolute atomic E-state index is 0.0295. The Morgan fingerprint density at radius 1 is 0.800 bits per heavy atom. The second-order valence-corrected chi connectivity index (χ2v) is 12.3. The Kier molecular flexibility index (Phi) is 9.26. The third-order valence-electron chi connectivity index (χ3n) is 7.85. The van der Waals surface area contributed by atoms with Gasteiger partial charge >= 0.3 is 0 Å². The number of nitrogens with zero attached hydrogens (tertiary/aromatic N) is 1. The molecule has 5 rings (SSSR count). The standard InChI is InChI=1S/C33H37N3O3S/c37-33(24-31(28-10-3-1-4-11-28)29-12-5-2-6-13-29)34-25-26-18-21-36(22-19-26)23-20-35-40(38,39)32-17-9-15-27-14-7-8-16-30(27)32/h1-17,26,31,35H,18-25H2,(H,34,37). The predicted molar refractivity (Wildman–Crippen MR) is 161 cm³/mol. The number of rotatable bonds is 11. The molecule has 4 aromatic rings. The number of piperidine rings is 1. The van der Waals surface area contributed by atoms with Gasteiger partial charge in [0.15, 0.2) is 0 Å². The summed E-state index contributed by atoms with van der Waals surface area (Å²) in [5.74, 6) is 0.532. The molecule has 1 heterocycles. The summed E-state index contributed by atoms with van der Waals surface area (Å²) >= 11 is 0. The van der Waals surface area contributed by atoms with E-state index in [4.69, 9.17) is 0 Å². The summed E-state index contributed by atoms with van der Waals surface area (Å²) in [5.41, 5.74) is 2.29. The maximum atomic E-state index is 13.0. The van der Waals surface area contributed by atoms with E-state index in [0.29, 0.717) is 36.9 Å². The van der Waals surface area contributed by atoms with Crippen LogP contribution < -0.4 is 10.0 Å². The van der Waals surface area contributed by atoms with Crippen molar-refractivity contribution in [3.8, 4) is 0 Å². The van der Waals surface area contributed by atoms with Crippen molar-refractivity contribution in [1.82, 2.24) is 14.9 Å². The monoisotopic (exact) mass is 555 g/mol. The van der Waals surface area contributed by atoms with Crippen LogP contribution in [-0.2, 0) is 14.8 Å². The SMILES string of the molecule is O=C(CC(c1ccccc1)c1ccccc1)NCC1CCN(CCNS(=O)(=O)c2cccc3ccccc23)CC1. The van der Waals surface area contributed by atoms with Gasteiger partial charge in [-0.2, -0.15) is 0 Å². The van der Waals surface area contributed by atoms with E-state index < -0.39 is 10.0 Å². The Bertz CT molecular complexity index is 1460. The molecule has 1 saturated heterocycles. The van der Waals surface area contributed by atoms with Crippen molar-refractivity contribution in [3.63, 3.8) is 0 Å². The first kappa shape index (κ1) is 28.0. The van der Waals surface area contributed by atoms with Crippen LogP contribution in [0.15, 0.2) is 108 Å². The predicted octanol–water partition coefficient (Wildman–Crippen LogP) is 5.17. The number of carbonyl (C=O) groups excluding carboxylic acids is 1. The molecule has 0 bridgehead atoms. The van der Waals surface area contributed by atoms with E-state index in [1.165, 1.54) is 0 Å². The zero-order valence-electron chi connectivity index (χ0n) is 22.7. The van der Waals surface area contributed by atoms with Gasteiger partial charge in [-0.25, -0.2) is 13.1 Å². The Balaban J connectivity index is 1.06. The normalized spacial score (nSPS) is 14.9. The molecule has 1 fully saturated rings. The number of hydrogen-bond donors (Lipinski definition) is 2. The van der Waals surface area contributed by atoms with E-state index in [9.17, 15) is 13.2 Å². The number of benzene rings is 4. The van der Waals surface area contributed by atoms with Gasteiger partial charge in [0.05, 0.1) is 4.90 Å². The van der Waals surface area contributed by atoms with Crippen molar-refractivity contribution in [2.24, 2.45) is 5.92 Å². The first-order valence-electron chi connectivity index (χ1n) is 14.1. The van der Waals surface area contributed by atoms with Crippen LogP contribution in [0.1, 0.15) is 36.3 Å². The van der Waals surface area contributed by atoms with Gasteiger partial charge in [-0.15, -0.1) is 0 Å². The van der Waals surface area contributed by atoms with Crippen LogP contribution >= 0.6 is 0 Å². The number of nitrogens with one attached hydrogen (secondary N) is 2. The summed E-state index contributed by atoms with van der Waals surface area (Å²) < 4.78 is 28.7. The second-order valence-electron chi connectivity index (χ2n) is 10.5. The van der Waals surface area contributed by atoms with Crippen molar-refractivity contribution in [1.29, 1.82) is 0 Å². The highest BCUT2D eigenvalue weighted by Gasteiger charge is 2.23. The molecule has 1 aliphatic rings. The van der Waals surface area contributed by atoms with Crippen molar-refractivity contribution in [3.05, 3.63) is 114 Å². The Morgan fingerprint density at radius 3 is 2.08 bits per heavy atom. The molecule has 0 unspecified atom stereocenters. The van der Waals surface area contributed by atoms with Gasteiger partial charge in [0.25, 0.3) is 0 Å². The van der Waals surface area contributed by atoms with E-state index in [2.05, 4.69) is 39.2 Å². The first-order valence-corrected chi connectivity index (χ1v) is 15.5. The molecule has 1 amide bonds. The Hall–Kier alpha value is -3.52. The van der Waals surface area contributed by atoms with Crippen molar-refractivity contribution < 1.29 is 13.2 Å². The summed E-state index contributed by atoms with van der Waals surface area (Å²) in [6, 6.07) is 33.3. The lowest BCUT2D eigenvalue weighted by Gasteiger charge is -2.32. The molecule has 0 radical (unpaired) electrons. The lowest BCUT2D eigenvalue weighted by molar-refractivity contribution is -0.121. The average Bonchev–Trinajstić information content (AvgIpc) is 3.00. The van der Waals surface area contributed by atoms with Crippen LogP contribution in [0.25, 0.3) is 10.8 Å². The van der Waals surface area contributed by atoms with Crippen molar-refractivity contribution in [2.75, 3.05) is 32.7 Å². The van der Waals surface area contributed by atoms with Gasteiger partial charge in [0, 0.05) is 37.4 Å². The minimum Gasteiger partial charge on any atom is -0.356 e. The van der Waals surface area contributed by atoms with E-state index in [1.807, 2.05) is 66.7 Å². The minimum atomic E-state index is -3.59. The number of hydrogen-bond acceptors (Lipinski definition) is 4. The first-order chi connectivity index (χ1) is 19.5. The third-order valence-corrected chi connectivity index (χ3v) is 9.37. The van der Waals surface area contributed by atoms with Gasteiger partial charge in [0.2, 0.25) is 15.9 Å². The molecule has 7 heteroatoms. The lowest BCUT2D eigenvalue weighted by atomic mass is 9.88. The smallest absolute Gasteiger partial charge is 0.241 e. The number of sulfonamides is 1. The highest BCUT2D eigenvalue weighted by Crippen LogP contribution is 2.28. The maximum Gasteiger partial charge on any atom is 0.241 e. The maximum absolute atomic E-state index is 13.0. The Morgan fingerprint density at radius 2 is 1.40 bits per heavy atom. The Labute approximate surface area is 237 Å². The highest BCUT2D eigenvalue weighted by atomic mass is 32.2. The summed E-state index contributed by atoms with van der Waals surface area (Å²) in [6.07, 6.45) is 2.39. The largest absolute Gasteiger partial charge is 0.356 e. The topological polar surface area (TPSA) is 78.5 Å². The molecular formula is C33H37N3O3S. The fraction of sp³-hybridized carbons (Fsp3) is 0.303. The fourth-order valence-electron chi connectivity index (χ4n) is 5.57. The zero-order chi connectivity index (χ0) is 27.8. The molecule has 1 aliphatic heterocycles. The van der Waals surface area contributed by atoms with Crippen LogP contribution in [0.5, 0.6) is 0 Å². The van der Waals surface area contributed by atoms with Crippen LogP contribution in [0.3, 0.4) is 0 Å². The molecule has 2 N–H and O–H groups in total. The number of carbonyl (C=O) groups is 1. The molecule has 0 aromatic heterocycles. The van der Waals surface area contributed by atoms with Crippen LogP contribution in [0.4, 0.5) is 0 Å². The van der Waals surface area contributed by atoms with Gasteiger partial charge in [0.1, 0.15) is 0 Å². The molecule has 4 aromatic carbocycles. The zero-order valence-corrected chi connectivity index (χ0v) is 23.5. The molecule has 0 saturated carbocycles. The quantitative estimate of drug-likeness (QED) is 0.268. The molecule has 0 atom stereocenters. The number of likely N-dealkylation sites (tertiary alicyclic amines) is 1. The van der Waals surface area contributed by atoms with E-state index in [1.54, 1.807) is 12.1 Å². The molecule has 6 nitrogen and oxygen atoms in total. The van der Waals surface area contributed by atoms with E-state index in [-0.39, 0.29) is 11.8 Å². The molecule has 208 valence electrons. The van der Waals surface area contributed by atoms with Gasteiger partial charge in [-0.1, -0.05) is 97.1 Å². The summed E-state index contributed by atoms with van der Waals surface area (Å²) in [4.78, 5) is 15.6. The summed E-state index contributed by atoms with van der Waals surface area (Å²) in [5, 5.41) is 4.83. The molecule has 0 spiro atoms. The summed E-state index contributed by atoms with van der Waals surface area (Å²) in [6.45, 7) is 3.50. The van der Waals surface area contributed by atoms with Crippen LogP contribution in [0.2, 0.25) is 0 Å². The van der Waals surface area contributed by atoms with Crippen LogP contribution in [0, 0.1) is 5.92 Å². The lowest BCUT2D eigenvalue weighted by Crippen LogP contribution is -2.42. The van der Waals surface area contributed by atoms with Gasteiger partial charge < -0.3 is 10.2 Å². The molecule has 0 aliphatic carbocycles. The van der Waals surface area contributed by atoms with Crippen molar-refractivity contribution >= 4 is 26.7 Å². The average molecular weight is 556 g/mol. The van der Waals surface area contributed by atoms with Crippen LogP contribution in [-0.4, -0.2) is 51.9 Å². The van der Waals surface area contributed by atoms with Crippen molar-refractivity contribution in [2.45, 2.75) is 30.1 Å². The molecule has 40 heavy (non-hydrogen) atoms. The summed E-state index contributed by atoms with van der Waals surface area (Å²) in [7, 11) is -3.59. The highest BCUT2D eigenvalue weighted by molar-refractivity contribution is 7.89.